The molecule has 0 fully saturated rings. The fourth-order valence-electron chi connectivity index (χ4n) is 3.24. The van der Waals surface area contributed by atoms with Gasteiger partial charge in [-0.15, -0.1) is 15.3 Å². The van der Waals surface area contributed by atoms with Crippen LogP contribution in [-0.4, -0.2) is 35.9 Å². The molecule has 4 heterocycles. The molecule has 0 saturated carbocycles. The van der Waals surface area contributed by atoms with Gasteiger partial charge in [-0.05, 0) is 13.3 Å². The fraction of sp³-hybridized carbons (Fsp3) is 0.562. The number of aryl methyl sites for hydroxylation is 1. The van der Waals surface area contributed by atoms with Crippen LogP contribution in [0.3, 0.4) is 0 Å². The van der Waals surface area contributed by atoms with Gasteiger partial charge in [0, 0.05) is 30.8 Å². The second-order valence-electron chi connectivity index (χ2n) is 6.61. The molecule has 8 nitrogen and oxygen atoms in total. The maximum atomic E-state index is 12.2. The first-order valence-corrected chi connectivity index (χ1v) is 9.40. The zero-order valence-electron chi connectivity index (χ0n) is 14.8. The molecule has 0 amide bonds. The summed E-state index contributed by atoms with van der Waals surface area (Å²) in [7, 11) is 0. The van der Waals surface area contributed by atoms with E-state index in [0.717, 1.165) is 42.0 Å². The van der Waals surface area contributed by atoms with Crippen LogP contribution in [0.15, 0.2) is 10.9 Å². The summed E-state index contributed by atoms with van der Waals surface area (Å²) in [5.74, 6) is 2.32. The standard InChI is InChI=1S/C16H21N7OS/c1-5-11-8-12(24)23-15(17-11)25-16(20-23)21-6-7-22-13(9(2)3)18-19-14(22)10(21)4/h8-10H,5-7H2,1-4H3. The molecule has 4 rings (SSSR count). The van der Waals surface area contributed by atoms with Crippen molar-refractivity contribution in [2.24, 2.45) is 0 Å². The van der Waals surface area contributed by atoms with Crippen molar-refractivity contribution in [3.8, 4) is 0 Å². The minimum Gasteiger partial charge on any atom is -0.335 e. The third-order valence-electron chi connectivity index (χ3n) is 4.63. The number of rotatable bonds is 3. The first-order valence-electron chi connectivity index (χ1n) is 8.59. The molecule has 3 aromatic heterocycles. The molecule has 1 unspecified atom stereocenters. The minimum absolute atomic E-state index is 0.0515. The predicted octanol–water partition coefficient (Wildman–Crippen LogP) is 2.01. The van der Waals surface area contributed by atoms with Crippen LogP contribution < -0.4 is 10.5 Å². The van der Waals surface area contributed by atoms with Crippen molar-refractivity contribution in [1.82, 2.24) is 29.4 Å². The lowest BCUT2D eigenvalue weighted by atomic mass is 10.1. The lowest BCUT2D eigenvalue weighted by molar-refractivity contribution is 0.478. The van der Waals surface area contributed by atoms with Crippen LogP contribution in [0.5, 0.6) is 0 Å². The van der Waals surface area contributed by atoms with Crippen molar-refractivity contribution >= 4 is 21.4 Å². The van der Waals surface area contributed by atoms with Crippen molar-refractivity contribution in [3.05, 3.63) is 33.8 Å². The Bertz CT molecular complexity index is 986. The highest BCUT2D eigenvalue weighted by Crippen LogP contribution is 2.33. The number of aromatic nitrogens is 6. The molecular weight excluding hydrogens is 338 g/mol. The van der Waals surface area contributed by atoms with Gasteiger partial charge in [0.15, 0.2) is 5.82 Å². The van der Waals surface area contributed by atoms with Crippen LogP contribution in [-0.2, 0) is 13.0 Å². The molecule has 0 N–H and O–H groups in total. The smallest absolute Gasteiger partial charge is 0.275 e. The molecule has 9 heteroatoms. The normalized spacial score (nSPS) is 17.5. The lowest BCUT2D eigenvalue weighted by Gasteiger charge is -2.33. The zero-order valence-corrected chi connectivity index (χ0v) is 15.6. The lowest BCUT2D eigenvalue weighted by Crippen LogP contribution is -2.37. The average molecular weight is 359 g/mol. The number of hydrogen-bond donors (Lipinski definition) is 0. The Hall–Kier alpha value is -2.29. The van der Waals surface area contributed by atoms with Crippen molar-refractivity contribution in [3.63, 3.8) is 0 Å². The van der Waals surface area contributed by atoms with Gasteiger partial charge in [0.2, 0.25) is 10.1 Å². The van der Waals surface area contributed by atoms with Gasteiger partial charge >= 0.3 is 0 Å². The molecule has 1 aliphatic rings. The number of fused-ring (bicyclic) bond motifs is 2. The Kier molecular flexibility index (Phi) is 3.82. The van der Waals surface area contributed by atoms with E-state index >= 15 is 0 Å². The summed E-state index contributed by atoms with van der Waals surface area (Å²) in [4.78, 5) is 19.6. The summed E-state index contributed by atoms with van der Waals surface area (Å²) in [6.07, 6.45) is 0.736. The van der Waals surface area contributed by atoms with Crippen LogP contribution in [0.2, 0.25) is 0 Å². The van der Waals surface area contributed by atoms with E-state index in [4.69, 9.17) is 0 Å². The molecule has 0 radical (unpaired) electrons. The Morgan fingerprint density at radius 1 is 1.32 bits per heavy atom. The second kappa shape index (κ2) is 5.91. The number of hydrogen-bond acceptors (Lipinski definition) is 7. The third-order valence-corrected chi connectivity index (χ3v) is 5.57. The summed E-state index contributed by atoms with van der Waals surface area (Å²) in [6, 6.07) is 1.61. The topological polar surface area (TPSA) is 81.2 Å². The molecule has 0 aliphatic carbocycles. The highest BCUT2D eigenvalue weighted by atomic mass is 32.1. The molecule has 0 saturated heterocycles. The van der Waals surface area contributed by atoms with Gasteiger partial charge in [0.1, 0.15) is 5.82 Å². The van der Waals surface area contributed by atoms with Crippen LogP contribution in [0.4, 0.5) is 5.13 Å². The van der Waals surface area contributed by atoms with E-state index in [9.17, 15) is 4.79 Å². The van der Waals surface area contributed by atoms with E-state index in [1.54, 1.807) is 6.07 Å². The summed E-state index contributed by atoms with van der Waals surface area (Å²) >= 11 is 1.45. The molecule has 1 atom stereocenters. The van der Waals surface area contributed by atoms with Gasteiger partial charge in [-0.1, -0.05) is 32.1 Å². The molecule has 25 heavy (non-hydrogen) atoms. The SMILES string of the molecule is CCc1cc(=O)n2nc(N3CCn4c(C(C)C)nnc4C3C)sc2n1. The van der Waals surface area contributed by atoms with Crippen LogP contribution in [0.25, 0.3) is 4.96 Å². The van der Waals surface area contributed by atoms with E-state index in [1.807, 2.05) is 6.92 Å². The maximum Gasteiger partial charge on any atom is 0.275 e. The van der Waals surface area contributed by atoms with E-state index in [-0.39, 0.29) is 11.6 Å². The van der Waals surface area contributed by atoms with E-state index in [0.29, 0.717) is 10.9 Å². The quantitative estimate of drug-likeness (QED) is 0.711. The number of nitrogens with zero attached hydrogens (tertiary/aromatic N) is 7. The predicted molar refractivity (Wildman–Crippen MR) is 96.4 cm³/mol. The molecule has 1 aliphatic heterocycles. The Morgan fingerprint density at radius 2 is 2.12 bits per heavy atom. The average Bonchev–Trinajstić information content (AvgIpc) is 3.19. The van der Waals surface area contributed by atoms with E-state index in [2.05, 4.69) is 50.5 Å². The molecule has 0 bridgehead atoms. The van der Waals surface area contributed by atoms with Crippen LogP contribution >= 0.6 is 11.3 Å². The van der Waals surface area contributed by atoms with Crippen molar-refractivity contribution in [2.75, 3.05) is 11.4 Å². The maximum absolute atomic E-state index is 12.2. The highest BCUT2D eigenvalue weighted by Gasteiger charge is 2.31. The van der Waals surface area contributed by atoms with Gasteiger partial charge in [0.05, 0.1) is 6.04 Å². The Morgan fingerprint density at radius 3 is 2.84 bits per heavy atom. The van der Waals surface area contributed by atoms with Crippen LogP contribution in [0.1, 0.15) is 57.0 Å². The molecule has 3 aromatic rings. The van der Waals surface area contributed by atoms with Gasteiger partial charge in [0.25, 0.3) is 5.56 Å². The molecule has 0 aromatic carbocycles. The van der Waals surface area contributed by atoms with E-state index < -0.39 is 0 Å². The largest absolute Gasteiger partial charge is 0.335 e. The fourth-order valence-corrected chi connectivity index (χ4v) is 4.27. The summed E-state index contributed by atoms with van der Waals surface area (Å²) in [5.41, 5.74) is 0.674. The van der Waals surface area contributed by atoms with Gasteiger partial charge in [-0.25, -0.2) is 4.98 Å². The van der Waals surface area contributed by atoms with Gasteiger partial charge in [-0.2, -0.15) is 4.52 Å². The Labute approximate surface area is 149 Å². The summed E-state index contributed by atoms with van der Waals surface area (Å²) < 4.78 is 3.60. The summed E-state index contributed by atoms with van der Waals surface area (Å²) in [5, 5.41) is 14.1. The molecule has 132 valence electrons. The van der Waals surface area contributed by atoms with Crippen LogP contribution in [0, 0.1) is 0 Å². The monoisotopic (exact) mass is 359 g/mol. The number of anilines is 1. The molecular formula is C16H21N7OS. The zero-order chi connectivity index (χ0) is 17.7. The van der Waals surface area contributed by atoms with Crippen molar-refractivity contribution in [1.29, 1.82) is 0 Å². The van der Waals surface area contributed by atoms with Gasteiger partial charge in [-0.3, -0.25) is 4.79 Å². The first kappa shape index (κ1) is 16.2. The molecule has 0 spiro atoms. The van der Waals surface area contributed by atoms with Gasteiger partial charge < -0.3 is 9.47 Å². The third kappa shape index (κ3) is 2.53. The minimum atomic E-state index is -0.126. The first-order chi connectivity index (χ1) is 12.0. The Balaban J connectivity index is 1.74. The summed E-state index contributed by atoms with van der Waals surface area (Å²) in [6.45, 7) is 9.98. The highest BCUT2D eigenvalue weighted by molar-refractivity contribution is 7.20. The second-order valence-corrected chi connectivity index (χ2v) is 7.54. The van der Waals surface area contributed by atoms with E-state index in [1.165, 1.54) is 15.9 Å². The van der Waals surface area contributed by atoms with Crippen molar-refractivity contribution < 1.29 is 0 Å². The van der Waals surface area contributed by atoms with Crippen molar-refractivity contribution in [2.45, 2.75) is 52.6 Å².